The van der Waals surface area contributed by atoms with Crippen LogP contribution in [-0.2, 0) is 0 Å². The lowest BCUT2D eigenvalue weighted by Crippen LogP contribution is -2.47. The molecule has 21 heavy (non-hydrogen) atoms. The summed E-state index contributed by atoms with van der Waals surface area (Å²) in [6.45, 7) is 7.58. The third kappa shape index (κ3) is 5.06. The zero-order valence-corrected chi connectivity index (χ0v) is 14.2. The van der Waals surface area contributed by atoms with E-state index in [1.165, 1.54) is 0 Å². The maximum Gasteiger partial charge on any atom is 0.318 e. The molecule has 0 aliphatic rings. The first-order valence-corrected chi connectivity index (χ1v) is 7.68. The molecule has 6 heteroatoms. The van der Waals surface area contributed by atoms with Gasteiger partial charge in [0.15, 0.2) is 0 Å². The van der Waals surface area contributed by atoms with Crippen molar-refractivity contribution >= 4 is 29.2 Å². The number of halogens is 2. The molecule has 4 nitrogen and oxygen atoms in total. The minimum Gasteiger partial charge on any atom is -0.392 e. The molecule has 0 aromatic heterocycles. The van der Waals surface area contributed by atoms with Crippen LogP contribution in [-0.4, -0.2) is 34.7 Å². The molecule has 0 saturated carbocycles. The number of benzene rings is 1. The highest BCUT2D eigenvalue weighted by Gasteiger charge is 2.21. The summed E-state index contributed by atoms with van der Waals surface area (Å²) in [6.07, 6.45) is -0.580. The molecule has 0 fully saturated rings. The highest BCUT2D eigenvalue weighted by atomic mass is 35.5. The molecule has 0 aliphatic carbocycles. The molecule has 0 spiro atoms. The second kappa shape index (κ2) is 7.87. The van der Waals surface area contributed by atoms with Crippen molar-refractivity contribution in [3.05, 3.63) is 33.8 Å². The lowest BCUT2D eigenvalue weighted by Gasteiger charge is -2.30. The fourth-order valence-corrected chi connectivity index (χ4v) is 2.49. The van der Waals surface area contributed by atoms with E-state index >= 15 is 0 Å². The van der Waals surface area contributed by atoms with Crippen molar-refractivity contribution in [2.24, 2.45) is 0 Å². The molecule has 0 aliphatic heterocycles. The largest absolute Gasteiger partial charge is 0.392 e. The lowest BCUT2D eigenvalue weighted by molar-refractivity contribution is 0.117. The minimum atomic E-state index is -0.580. The van der Waals surface area contributed by atoms with Gasteiger partial charge in [-0.3, -0.25) is 0 Å². The summed E-state index contributed by atoms with van der Waals surface area (Å²) >= 11 is 12.1. The van der Waals surface area contributed by atoms with Crippen molar-refractivity contribution in [1.29, 1.82) is 0 Å². The Kier molecular flexibility index (Phi) is 6.78. The number of urea groups is 1. The van der Waals surface area contributed by atoms with Crippen LogP contribution in [0.2, 0.25) is 10.0 Å². The van der Waals surface area contributed by atoms with Crippen LogP contribution >= 0.6 is 23.2 Å². The summed E-state index contributed by atoms with van der Waals surface area (Å²) < 4.78 is 0. The van der Waals surface area contributed by atoms with E-state index in [9.17, 15) is 9.90 Å². The Balaban J connectivity index is 2.83. The van der Waals surface area contributed by atoms with Gasteiger partial charge >= 0.3 is 6.03 Å². The Morgan fingerprint density at radius 3 is 2.43 bits per heavy atom. The summed E-state index contributed by atoms with van der Waals surface area (Å²) in [5, 5.41) is 13.3. The van der Waals surface area contributed by atoms with Crippen LogP contribution in [0.15, 0.2) is 18.2 Å². The third-order valence-corrected chi connectivity index (χ3v) is 3.97. The minimum absolute atomic E-state index is 0.0124. The average molecular weight is 333 g/mol. The Hall–Kier alpha value is -0.970. The first-order chi connectivity index (χ1) is 9.73. The van der Waals surface area contributed by atoms with Gasteiger partial charge in [0.25, 0.3) is 0 Å². The predicted octanol–water partition coefficient (Wildman–Crippen LogP) is 3.86. The summed E-state index contributed by atoms with van der Waals surface area (Å²) in [6, 6.07) is 4.79. The number of nitrogens with zero attached hydrogens (tertiary/aromatic N) is 1. The summed E-state index contributed by atoms with van der Waals surface area (Å²) in [4.78, 5) is 13.9. The average Bonchev–Trinajstić information content (AvgIpc) is 2.38. The van der Waals surface area contributed by atoms with Crippen molar-refractivity contribution in [1.82, 2.24) is 10.2 Å². The zero-order valence-electron chi connectivity index (χ0n) is 12.7. The van der Waals surface area contributed by atoms with Gasteiger partial charge < -0.3 is 15.3 Å². The van der Waals surface area contributed by atoms with Gasteiger partial charge in [-0.15, -0.1) is 0 Å². The molecule has 0 heterocycles. The van der Waals surface area contributed by atoms with Crippen LogP contribution in [0, 0.1) is 0 Å². The highest BCUT2D eigenvalue weighted by Crippen LogP contribution is 2.29. The molecular formula is C15H22Cl2N2O2. The quantitative estimate of drug-likeness (QED) is 0.860. The molecule has 0 radical (unpaired) electrons. The van der Waals surface area contributed by atoms with Crippen molar-refractivity contribution in [3.63, 3.8) is 0 Å². The van der Waals surface area contributed by atoms with Gasteiger partial charge in [-0.05, 0) is 39.3 Å². The highest BCUT2D eigenvalue weighted by molar-refractivity contribution is 6.42. The van der Waals surface area contributed by atoms with Crippen molar-refractivity contribution in [3.8, 4) is 0 Å². The Morgan fingerprint density at radius 1 is 1.29 bits per heavy atom. The van der Waals surface area contributed by atoms with Crippen LogP contribution in [0.5, 0.6) is 0 Å². The van der Waals surface area contributed by atoms with Crippen LogP contribution in [0.4, 0.5) is 4.79 Å². The lowest BCUT2D eigenvalue weighted by atomic mass is 10.1. The van der Waals surface area contributed by atoms with Crippen molar-refractivity contribution < 1.29 is 9.90 Å². The van der Waals surface area contributed by atoms with Gasteiger partial charge in [0.05, 0.1) is 22.2 Å². The molecular weight excluding hydrogens is 311 g/mol. The molecule has 1 aromatic rings. The number of rotatable bonds is 5. The monoisotopic (exact) mass is 332 g/mol. The summed E-state index contributed by atoms with van der Waals surface area (Å²) in [5.41, 5.74) is 0.762. The van der Waals surface area contributed by atoms with Gasteiger partial charge in [0, 0.05) is 12.6 Å². The van der Waals surface area contributed by atoms with E-state index in [0.717, 1.165) is 5.56 Å². The number of amides is 2. The van der Waals surface area contributed by atoms with Crippen LogP contribution in [0.3, 0.4) is 0 Å². The maximum absolute atomic E-state index is 12.3. The summed E-state index contributed by atoms with van der Waals surface area (Å²) in [7, 11) is 0. The molecule has 0 bridgehead atoms. The number of aliphatic hydroxyl groups is 1. The Labute approximate surface area is 136 Å². The molecule has 2 N–H and O–H groups in total. The van der Waals surface area contributed by atoms with Gasteiger partial charge in [-0.1, -0.05) is 35.3 Å². The molecule has 0 saturated heterocycles. The maximum atomic E-state index is 12.3. The van der Waals surface area contributed by atoms with Crippen LogP contribution in [0.25, 0.3) is 0 Å². The van der Waals surface area contributed by atoms with E-state index in [1.807, 2.05) is 26.8 Å². The number of hydrogen-bond acceptors (Lipinski definition) is 2. The van der Waals surface area contributed by atoms with E-state index in [1.54, 1.807) is 24.0 Å². The van der Waals surface area contributed by atoms with Crippen molar-refractivity contribution in [2.45, 2.75) is 45.9 Å². The number of carbonyl (C=O) groups excluding carboxylic acids is 1. The Bertz CT molecular complexity index is 493. The fraction of sp³-hybridized carbons (Fsp3) is 0.533. The molecule has 118 valence electrons. The molecule has 2 amide bonds. The molecule has 2 unspecified atom stereocenters. The second-order valence-electron chi connectivity index (χ2n) is 5.41. The molecule has 1 rings (SSSR count). The first kappa shape index (κ1) is 18.1. The number of carbonyl (C=O) groups is 1. The van der Waals surface area contributed by atoms with E-state index in [2.05, 4.69) is 5.32 Å². The van der Waals surface area contributed by atoms with E-state index in [-0.39, 0.29) is 24.7 Å². The summed E-state index contributed by atoms with van der Waals surface area (Å²) in [5.74, 6) is 0. The smallest absolute Gasteiger partial charge is 0.318 e. The first-order valence-electron chi connectivity index (χ1n) is 6.93. The predicted molar refractivity (Wildman–Crippen MR) is 86.9 cm³/mol. The fourth-order valence-electron chi connectivity index (χ4n) is 2.01. The SMILES string of the molecule is CC(O)CN(C(=O)NC(C)c1cccc(Cl)c1Cl)C(C)C. The molecule has 2 atom stereocenters. The number of nitrogens with one attached hydrogen (secondary N) is 1. The van der Waals surface area contributed by atoms with E-state index < -0.39 is 6.10 Å². The third-order valence-electron chi connectivity index (χ3n) is 3.13. The second-order valence-corrected chi connectivity index (χ2v) is 6.19. The number of aliphatic hydroxyl groups excluding tert-OH is 1. The molecule has 1 aromatic carbocycles. The van der Waals surface area contributed by atoms with Gasteiger partial charge in [-0.2, -0.15) is 0 Å². The van der Waals surface area contributed by atoms with Crippen LogP contribution in [0.1, 0.15) is 39.3 Å². The standard InChI is InChI=1S/C15H22Cl2N2O2/c1-9(2)19(8-10(3)20)15(21)18-11(4)12-6-5-7-13(16)14(12)17/h5-7,9-11,20H,8H2,1-4H3,(H,18,21). The number of hydrogen-bond donors (Lipinski definition) is 2. The van der Waals surface area contributed by atoms with Gasteiger partial charge in [-0.25, -0.2) is 4.79 Å². The van der Waals surface area contributed by atoms with Gasteiger partial charge in [0.1, 0.15) is 0 Å². The van der Waals surface area contributed by atoms with Crippen molar-refractivity contribution in [2.75, 3.05) is 6.54 Å². The van der Waals surface area contributed by atoms with Crippen LogP contribution < -0.4 is 5.32 Å². The topological polar surface area (TPSA) is 52.6 Å². The zero-order chi connectivity index (χ0) is 16.2. The normalized spacial score (nSPS) is 13.9. The van der Waals surface area contributed by atoms with E-state index in [4.69, 9.17) is 23.2 Å². The van der Waals surface area contributed by atoms with Gasteiger partial charge in [0.2, 0.25) is 0 Å². The Morgan fingerprint density at radius 2 is 1.90 bits per heavy atom. The van der Waals surface area contributed by atoms with E-state index in [0.29, 0.717) is 10.0 Å².